The Morgan fingerprint density at radius 3 is 1.85 bits per heavy atom. The number of aromatic hydroxyl groups is 1. The van der Waals surface area contributed by atoms with Crippen LogP contribution in [0.15, 0.2) is 54.6 Å². The molecule has 0 radical (unpaired) electrons. The molecule has 0 heterocycles. The van der Waals surface area contributed by atoms with Crippen LogP contribution in [0.4, 0.5) is 4.79 Å². The smallest absolute Gasteiger partial charge is 0.408 e. The molecule has 0 bridgehead atoms. The summed E-state index contributed by atoms with van der Waals surface area (Å²) in [7, 11) is 0. The minimum atomic E-state index is -1.49. The van der Waals surface area contributed by atoms with E-state index in [0.717, 1.165) is 5.56 Å². The molecule has 3 unspecified atom stereocenters. The van der Waals surface area contributed by atoms with Gasteiger partial charge in [0.25, 0.3) is 0 Å². The maximum Gasteiger partial charge on any atom is 0.408 e. The lowest BCUT2D eigenvalue weighted by atomic mass is 9.91. The predicted octanol–water partition coefficient (Wildman–Crippen LogP) is 4.29. The van der Waals surface area contributed by atoms with E-state index in [1.54, 1.807) is 55.4 Å². The van der Waals surface area contributed by atoms with E-state index in [-0.39, 0.29) is 12.2 Å². The fourth-order valence-electron chi connectivity index (χ4n) is 4.71. The quantitative estimate of drug-likeness (QED) is 0.231. The molecular formula is C35H50N4O8. The van der Waals surface area contributed by atoms with Gasteiger partial charge in [-0.05, 0) is 85.1 Å². The molecule has 2 rings (SSSR count). The number of hydrogen-bond donors (Lipinski definition) is 4. The number of alkyl carbamates (subject to hydrolysis) is 1. The zero-order valence-corrected chi connectivity index (χ0v) is 28.9. The Morgan fingerprint density at radius 2 is 1.36 bits per heavy atom. The zero-order valence-electron chi connectivity index (χ0n) is 28.9. The average Bonchev–Trinajstić information content (AvgIpc) is 2.93. The van der Waals surface area contributed by atoms with E-state index in [2.05, 4.69) is 10.6 Å². The van der Waals surface area contributed by atoms with Crippen LogP contribution in [0.5, 0.6) is 5.75 Å². The molecule has 0 aliphatic carbocycles. The number of phenols is 1. The molecule has 0 fully saturated rings. The number of primary amides is 1. The van der Waals surface area contributed by atoms with E-state index in [1.807, 2.05) is 37.3 Å². The minimum absolute atomic E-state index is 0.0746. The van der Waals surface area contributed by atoms with Crippen molar-refractivity contribution in [3.63, 3.8) is 0 Å². The number of nitrogens with two attached hydrogens (primary N) is 1. The van der Waals surface area contributed by atoms with Crippen molar-refractivity contribution in [3.05, 3.63) is 65.7 Å². The maximum absolute atomic E-state index is 14.5. The van der Waals surface area contributed by atoms with Gasteiger partial charge in [0.1, 0.15) is 35.1 Å². The molecule has 0 saturated carbocycles. The van der Waals surface area contributed by atoms with Crippen LogP contribution in [0.1, 0.15) is 92.3 Å². The summed E-state index contributed by atoms with van der Waals surface area (Å²) in [6.07, 6.45) is -1.09. The van der Waals surface area contributed by atoms with Crippen molar-refractivity contribution in [2.45, 2.75) is 116 Å². The van der Waals surface area contributed by atoms with Crippen molar-refractivity contribution in [2.24, 2.45) is 5.73 Å². The first-order valence-corrected chi connectivity index (χ1v) is 15.6. The van der Waals surface area contributed by atoms with E-state index in [1.165, 1.54) is 29.2 Å². The third-order valence-corrected chi connectivity index (χ3v) is 7.15. The summed E-state index contributed by atoms with van der Waals surface area (Å²) in [5, 5.41) is 15.3. The van der Waals surface area contributed by atoms with Crippen molar-refractivity contribution in [3.8, 4) is 5.75 Å². The van der Waals surface area contributed by atoms with Crippen molar-refractivity contribution in [1.29, 1.82) is 0 Å². The van der Waals surface area contributed by atoms with E-state index in [0.29, 0.717) is 12.0 Å². The van der Waals surface area contributed by atoms with Gasteiger partial charge < -0.3 is 35.8 Å². The summed E-state index contributed by atoms with van der Waals surface area (Å²) >= 11 is 0. The number of phenolic OH excluding ortho intramolecular Hbond substituents is 1. The van der Waals surface area contributed by atoms with E-state index in [9.17, 15) is 29.1 Å². The van der Waals surface area contributed by atoms with Crippen LogP contribution in [-0.4, -0.2) is 68.6 Å². The molecule has 2 aromatic carbocycles. The number of carbonyl (C=O) groups excluding carboxylic acids is 5. The van der Waals surface area contributed by atoms with Gasteiger partial charge >= 0.3 is 12.1 Å². The van der Waals surface area contributed by atoms with Crippen molar-refractivity contribution in [2.75, 3.05) is 0 Å². The molecule has 12 heteroatoms. The molecule has 0 aromatic heterocycles. The lowest BCUT2D eigenvalue weighted by Crippen LogP contribution is -2.60. The normalized spacial score (nSPS) is 13.8. The van der Waals surface area contributed by atoms with Crippen LogP contribution in [-0.2, 0) is 35.1 Å². The summed E-state index contributed by atoms with van der Waals surface area (Å²) in [4.78, 5) is 68.7. The second kappa shape index (κ2) is 15.8. The molecule has 0 aliphatic heterocycles. The van der Waals surface area contributed by atoms with Crippen LogP contribution in [0.3, 0.4) is 0 Å². The highest BCUT2D eigenvalue weighted by Crippen LogP contribution is 2.33. The fraction of sp³-hybridized carbons (Fsp3) is 0.514. The predicted molar refractivity (Wildman–Crippen MR) is 177 cm³/mol. The van der Waals surface area contributed by atoms with Crippen molar-refractivity contribution >= 4 is 29.8 Å². The van der Waals surface area contributed by atoms with Crippen molar-refractivity contribution in [1.82, 2.24) is 15.5 Å². The Balaban J connectivity index is 2.70. The molecule has 2 aromatic rings. The van der Waals surface area contributed by atoms with E-state index < -0.39 is 71.1 Å². The van der Waals surface area contributed by atoms with Gasteiger partial charge in [0.2, 0.25) is 17.7 Å². The molecule has 0 aliphatic rings. The van der Waals surface area contributed by atoms with Crippen LogP contribution >= 0.6 is 0 Å². The van der Waals surface area contributed by atoms with E-state index >= 15 is 0 Å². The third kappa shape index (κ3) is 12.3. The van der Waals surface area contributed by atoms with Gasteiger partial charge in [0.05, 0.1) is 6.42 Å². The number of benzene rings is 2. The van der Waals surface area contributed by atoms with Gasteiger partial charge in [0.15, 0.2) is 0 Å². The molecular weight excluding hydrogens is 604 g/mol. The summed E-state index contributed by atoms with van der Waals surface area (Å²) in [6, 6.07) is 10.7. The fourth-order valence-corrected chi connectivity index (χ4v) is 4.71. The Morgan fingerprint density at radius 1 is 0.809 bits per heavy atom. The summed E-state index contributed by atoms with van der Waals surface area (Å²) in [5.41, 5.74) is 3.75. The first-order valence-electron chi connectivity index (χ1n) is 15.6. The molecule has 0 saturated heterocycles. The Bertz CT molecular complexity index is 1400. The molecule has 12 nitrogen and oxygen atoms in total. The number of amides is 4. The van der Waals surface area contributed by atoms with Gasteiger partial charge in [-0.1, -0.05) is 49.4 Å². The highest BCUT2D eigenvalue weighted by Gasteiger charge is 2.44. The lowest BCUT2D eigenvalue weighted by molar-refractivity contribution is -0.159. The number of nitrogens with one attached hydrogen (secondary N) is 2. The summed E-state index contributed by atoms with van der Waals surface area (Å²) in [6.45, 7) is 15.4. The van der Waals surface area contributed by atoms with Crippen molar-refractivity contribution < 1.29 is 38.6 Å². The Hall–Kier alpha value is -4.61. The van der Waals surface area contributed by atoms with E-state index in [4.69, 9.17) is 15.2 Å². The largest absolute Gasteiger partial charge is 0.508 e. The first kappa shape index (κ1) is 38.6. The molecule has 258 valence electrons. The van der Waals surface area contributed by atoms with Gasteiger partial charge in [0, 0.05) is 12.0 Å². The van der Waals surface area contributed by atoms with Crippen LogP contribution in [0, 0.1) is 0 Å². The standard InChI is InChI=1S/C35H50N4O8/c1-10-35(8,9)39(30(43)25(21-27(36)41)38-32(45)47-34(5,6)7)28(23-16-18-24(40)19-17-23)29(42)37-26(31(44)46-33(2,3)4)20-22-14-12-11-13-15-22/h11-19,25-26,28,40H,10,20-21H2,1-9H3,(H2,36,41)(H,37,42)(H,38,45). The second-order valence-electron chi connectivity index (χ2n) is 14.0. The average molecular weight is 655 g/mol. The second-order valence-corrected chi connectivity index (χ2v) is 14.0. The first-order chi connectivity index (χ1) is 21.6. The molecule has 47 heavy (non-hydrogen) atoms. The topological polar surface area (TPSA) is 177 Å². The Labute approximate surface area is 277 Å². The SMILES string of the molecule is CCC(C)(C)N(C(=O)C(CC(N)=O)NC(=O)OC(C)(C)C)C(C(=O)NC(Cc1ccccc1)C(=O)OC(C)(C)C)c1ccc(O)cc1. The van der Waals surface area contributed by atoms with Gasteiger partial charge in [-0.15, -0.1) is 0 Å². The molecule has 5 N–H and O–H groups in total. The highest BCUT2D eigenvalue weighted by molar-refractivity contribution is 5.96. The number of hydrogen-bond acceptors (Lipinski definition) is 8. The number of ether oxygens (including phenoxy) is 2. The molecule has 4 amide bonds. The summed E-state index contributed by atoms with van der Waals surface area (Å²) in [5.74, 6) is -3.13. The van der Waals surface area contributed by atoms with Gasteiger partial charge in [-0.3, -0.25) is 14.4 Å². The Kier molecular flexibility index (Phi) is 13.0. The van der Waals surface area contributed by atoms with Crippen LogP contribution in [0.25, 0.3) is 0 Å². The third-order valence-electron chi connectivity index (χ3n) is 7.15. The molecule has 0 spiro atoms. The van der Waals surface area contributed by atoms with Gasteiger partial charge in [-0.2, -0.15) is 0 Å². The zero-order chi connectivity index (χ0) is 35.7. The maximum atomic E-state index is 14.5. The van der Waals surface area contributed by atoms with Crippen LogP contribution < -0.4 is 16.4 Å². The number of nitrogens with zero attached hydrogens (tertiary/aromatic N) is 1. The highest BCUT2D eigenvalue weighted by atomic mass is 16.6. The van der Waals surface area contributed by atoms with Gasteiger partial charge in [-0.25, -0.2) is 9.59 Å². The minimum Gasteiger partial charge on any atom is -0.508 e. The number of esters is 1. The van der Waals surface area contributed by atoms with Crippen LogP contribution in [0.2, 0.25) is 0 Å². The summed E-state index contributed by atoms with van der Waals surface area (Å²) < 4.78 is 11.0. The number of carbonyl (C=O) groups is 5. The molecule has 3 atom stereocenters. The lowest BCUT2D eigenvalue weighted by Gasteiger charge is -2.44. The number of rotatable bonds is 13. The monoisotopic (exact) mass is 654 g/mol.